The maximum atomic E-state index is 11.9. The number of terminal acetylenes is 1. The zero-order chi connectivity index (χ0) is 37.6. The van der Waals surface area contributed by atoms with Crippen molar-refractivity contribution >= 4 is 23.8 Å². The second kappa shape index (κ2) is 22.0. The van der Waals surface area contributed by atoms with Crippen LogP contribution < -0.4 is 10.6 Å². The number of carbonyl (C=O) groups is 4. The van der Waals surface area contributed by atoms with Gasteiger partial charge in [-0.2, -0.15) is 0 Å². The van der Waals surface area contributed by atoms with Crippen LogP contribution in [0, 0.1) is 12.3 Å². The summed E-state index contributed by atoms with van der Waals surface area (Å²) in [7, 11) is 7.73. The van der Waals surface area contributed by atoms with Crippen molar-refractivity contribution in [2.75, 3.05) is 67.5 Å². The normalized spacial score (nSPS) is 11.0. The van der Waals surface area contributed by atoms with Crippen molar-refractivity contribution in [3.8, 4) is 12.3 Å². The molecule has 1 aromatic heterocycles. The number of nitrogens with one attached hydrogen (secondary N) is 2. The van der Waals surface area contributed by atoms with Gasteiger partial charge in [-0.3, -0.25) is 9.59 Å². The monoisotopic (exact) mass is 676 g/mol. The number of aromatic nitrogens is 3. The predicted octanol–water partition coefficient (Wildman–Crippen LogP) is 2.14. The molecule has 0 unspecified atom stereocenters. The lowest BCUT2D eigenvalue weighted by molar-refractivity contribution is -0.883. The Bertz CT molecular complexity index is 1290. The van der Waals surface area contributed by atoms with Gasteiger partial charge in [-0.1, -0.05) is 29.4 Å². The number of carbonyl (C=O) groups excluding carboxylic acids is 4. The molecular formula is C32H56N10O6+2. The highest BCUT2D eigenvalue weighted by Crippen LogP contribution is 2.10. The first kappa shape index (κ1) is 45.4. The first-order valence-electron chi connectivity index (χ1n) is 15.2. The summed E-state index contributed by atoms with van der Waals surface area (Å²) in [6.07, 6.45) is 8.99. The van der Waals surface area contributed by atoms with Crippen molar-refractivity contribution in [3.05, 3.63) is 47.6 Å². The van der Waals surface area contributed by atoms with E-state index in [1.165, 1.54) is 12.2 Å². The van der Waals surface area contributed by atoms with Gasteiger partial charge in [0.25, 0.3) is 0 Å². The molecule has 16 nitrogen and oxygen atoms in total. The summed E-state index contributed by atoms with van der Waals surface area (Å²) in [6.45, 7) is 21.1. The smallest absolute Gasteiger partial charge is 0.362 e. The second-order valence-corrected chi connectivity index (χ2v) is 13.8. The van der Waals surface area contributed by atoms with E-state index in [1.54, 1.807) is 10.9 Å². The Labute approximate surface area is 285 Å². The molecule has 16 heteroatoms. The molecule has 0 radical (unpaired) electrons. The summed E-state index contributed by atoms with van der Waals surface area (Å²) in [6, 6.07) is 0. The summed E-state index contributed by atoms with van der Waals surface area (Å²) < 4.78 is 13.2. The van der Waals surface area contributed by atoms with E-state index < -0.39 is 11.2 Å². The third kappa shape index (κ3) is 27.6. The van der Waals surface area contributed by atoms with Crippen LogP contribution in [0.15, 0.2) is 36.6 Å². The van der Waals surface area contributed by atoms with Crippen molar-refractivity contribution in [1.29, 1.82) is 0 Å². The average Bonchev–Trinajstić information content (AvgIpc) is 3.39. The molecule has 1 heterocycles. The van der Waals surface area contributed by atoms with E-state index in [4.69, 9.17) is 21.4 Å². The highest BCUT2D eigenvalue weighted by atomic mass is 16.6. The van der Waals surface area contributed by atoms with Gasteiger partial charge >= 0.3 is 11.9 Å². The molecular weight excluding hydrogens is 620 g/mol. The third-order valence-corrected chi connectivity index (χ3v) is 5.52. The molecule has 2 amide bonds. The fourth-order valence-corrected chi connectivity index (χ4v) is 3.33. The molecule has 1 rings (SSSR count). The lowest BCUT2D eigenvalue weighted by Crippen LogP contribution is -2.47. The summed E-state index contributed by atoms with van der Waals surface area (Å²) >= 11 is 0. The Hall–Kier alpha value is -4.71. The van der Waals surface area contributed by atoms with Crippen molar-refractivity contribution in [2.24, 2.45) is 5.11 Å². The molecule has 0 bridgehead atoms. The first-order chi connectivity index (χ1) is 22.0. The van der Waals surface area contributed by atoms with Crippen molar-refractivity contribution in [1.82, 2.24) is 25.6 Å². The first-order valence-corrected chi connectivity index (χ1v) is 15.2. The number of rotatable bonds is 15. The molecule has 2 N–H and O–H groups in total. The van der Waals surface area contributed by atoms with E-state index in [0.717, 1.165) is 0 Å². The van der Waals surface area contributed by atoms with Gasteiger partial charge in [0.05, 0.1) is 73.7 Å². The molecule has 0 aliphatic carbocycles. The van der Waals surface area contributed by atoms with E-state index in [1.807, 2.05) is 69.7 Å². The summed E-state index contributed by atoms with van der Waals surface area (Å²) in [5, 5.41) is 16.5. The maximum absolute atomic E-state index is 11.9. The lowest BCUT2D eigenvalue weighted by Gasteiger charge is -2.30. The Morgan fingerprint density at radius 2 is 1.44 bits per heavy atom. The van der Waals surface area contributed by atoms with Crippen LogP contribution >= 0.6 is 0 Å². The SMILES string of the molecule is C#CCNC(=O)C=C.C=CC(=O)NCc1cn(CC[N+](C)(C)CC(=O)OC(C)(C)C)nn1.CC(C)(C)OC(=O)C[N+](C)(C)CCN=[N+]=[N-]. The molecule has 268 valence electrons. The van der Waals surface area contributed by atoms with Crippen molar-refractivity contribution in [2.45, 2.75) is 65.8 Å². The van der Waals surface area contributed by atoms with Gasteiger partial charge in [0, 0.05) is 4.91 Å². The van der Waals surface area contributed by atoms with E-state index in [-0.39, 0.29) is 43.4 Å². The van der Waals surface area contributed by atoms with Crippen LogP contribution in [0.4, 0.5) is 0 Å². The highest BCUT2D eigenvalue weighted by molar-refractivity contribution is 5.87. The Balaban J connectivity index is 0. The fourth-order valence-electron chi connectivity index (χ4n) is 3.33. The van der Waals surface area contributed by atoms with E-state index in [0.29, 0.717) is 47.4 Å². The van der Waals surface area contributed by atoms with Gasteiger partial charge in [0.15, 0.2) is 13.1 Å². The number of quaternary nitrogens is 2. The number of likely N-dealkylation sites (N-methyl/N-ethyl adjacent to an activating group) is 2. The van der Waals surface area contributed by atoms with E-state index in [2.05, 4.69) is 50.0 Å². The van der Waals surface area contributed by atoms with Gasteiger partial charge in [-0.05, 0) is 59.2 Å². The largest absolute Gasteiger partial charge is 0.456 e. The number of amides is 2. The third-order valence-electron chi connectivity index (χ3n) is 5.52. The standard InChI is InChI=1S/C16H27N5O3.C10H21N4O2.C6H7NO/c1-7-14(22)17-10-13-11-20(19-18-13)8-9-21(5,6)12-15(23)24-16(2,3)4;1-10(2,3)16-9(15)8-14(4,5)7-6-12-13-11;1-3-5-7-6(8)4-2/h7,11H,1,8-10,12H2,2-6H3;6-8H2,1-5H3;1,4H,2,5H2,(H,7,8)/q;+1;/p+1. The summed E-state index contributed by atoms with van der Waals surface area (Å²) in [4.78, 5) is 47.6. The number of hydrogen-bond donors (Lipinski definition) is 2. The minimum atomic E-state index is -0.478. The fraction of sp³-hybridized carbons (Fsp3) is 0.625. The van der Waals surface area contributed by atoms with Gasteiger partial charge in [-0.25, -0.2) is 14.3 Å². The maximum Gasteiger partial charge on any atom is 0.362 e. The van der Waals surface area contributed by atoms with E-state index in [9.17, 15) is 19.2 Å². The minimum absolute atomic E-state index is 0.223. The van der Waals surface area contributed by atoms with Crippen LogP contribution in [0.25, 0.3) is 10.4 Å². The van der Waals surface area contributed by atoms with Crippen LogP contribution in [0.2, 0.25) is 0 Å². The number of ether oxygens (including phenoxy) is 2. The van der Waals surface area contributed by atoms with Crippen LogP contribution in [0.5, 0.6) is 0 Å². The van der Waals surface area contributed by atoms with Gasteiger partial charge in [0.1, 0.15) is 16.9 Å². The predicted molar refractivity (Wildman–Crippen MR) is 183 cm³/mol. The van der Waals surface area contributed by atoms with E-state index >= 15 is 0 Å². The second-order valence-electron chi connectivity index (χ2n) is 13.8. The molecule has 0 atom stereocenters. The lowest BCUT2D eigenvalue weighted by atomic mass is 10.2. The van der Waals surface area contributed by atoms with Crippen LogP contribution in [-0.2, 0) is 41.7 Å². The number of nitrogens with zero attached hydrogens (tertiary/aromatic N) is 8. The topological polar surface area (TPSA) is 190 Å². The molecule has 0 saturated carbocycles. The zero-order valence-corrected chi connectivity index (χ0v) is 30.4. The molecule has 48 heavy (non-hydrogen) atoms. The molecule has 0 aromatic carbocycles. The van der Waals surface area contributed by atoms with Crippen LogP contribution in [0.3, 0.4) is 0 Å². The number of esters is 2. The van der Waals surface area contributed by atoms with Crippen molar-refractivity contribution in [3.63, 3.8) is 0 Å². The summed E-state index contributed by atoms with van der Waals surface area (Å²) in [5.74, 6) is 1.31. The number of azide groups is 1. The molecule has 0 fully saturated rings. The van der Waals surface area contributed by atoms with Gasteiger partial charge in [-0.15, -0.1) is 11.5 Å². The van der Waals surface area contributed by atoms with Crippen LogP contribution in [0.1, 0.15) is 47.2 Å². The molecule has 0 saturated heterocycles. The van der Waals surface area contributed by atoms with Gasteiger partial charge in [0.2, 0.25) is 11.8 Å². The summed E-state index contributed by atoms with van der Waals surface area (Å²) in [5.41, 5.74) is 7.89. The molecule has 1 aromatic rings. The Morgan fingerprint density at radius 3 is 1.88 bits per heavy atom. The Kier molecular flexibility index (Phi) is 20.8. The molecule has 0 aliphatic rings. The minimum Gasteiger partial charge on any atom is -0.456 e. The van der Waals surface area contributed by atoms with Gasteiger partial charge < -0.3 is 29.1 Å². The highest BCUT2D eigenvalue weighted by Gasteiger charge is 2.26. The number of hydrogen-bond acceptors (Lipinski definition) is 9. The zero-order valence-electron chi connectivity index (χ0n) is 30.4. The molecule has 0 aliphatic heterocycles. The van der Waals surface area contributed by atoms with Crippen molar-refractivity contribution < 1.29 is 37.6 Å². The quantitative estimate of drug-likeness (QED) is 0.0537. The Morgan fingerprint density at radius 1 is 0.958 bits per heavy atom. The van der Waals surface area contributed by atoms with Crippen LogP contribution in [-0.4, -0.2) is 126 Å². The molecule has 0 spiro atoms. The average molecular weight is 677 g/mol.